The fourth-order valence-electron chi connectivity index (χ4n) is 0.904. The van der Waals surface area contributed by atoms with Crippen molar-refractivity contribution in [1.29, 1.82) is 0 Å². The summed E-state index contributed by atoms with van der Waals surface area (Å²) in [4.78, 5) is 0. The van der Waals surface area contributed by atoms with E-state index in [0.717, 1.165) is 12.8 Å². The second-order valence-corrected chi connectivity index (χ2v) is 1.94. The number of rotatable bonds is 0. The van der Waals surface area contributed by atoms with E-state index in [0.29, 0.717) is 0 Å². The molecule has 0 bridgehead atoms. The van der Waals surface area contributed by atoms with Gasteiger partial charge in [0.1, 0.15) is 0 Å². The zero-order chi connectivity index (χ0) is 4.41. The Hall–Kier alpha value is 1.22. The SMILES string of the molecule is OC1CCCC1.[Ca+2].[H-].[H-]. The summed E-state index contributed by atoms with van der Waals surface area (Å²) in [5, 5.41) is 8.73. The molecule has 0 radical (unpaired) electrons. The van der Waals surface area contributed by atoms with Crippen molar-refractivity contribution in [1.82, 2.24) is 0 Å². The quantitative estimate of drug-likeness (QED) is 0.478. The van der Waals surface area contributed by atoms with Crippen LogP contribution in [-0.4, -0.2) is 48.9 Å². The van der Waals surface area contributed by atoms with Crippen LogP contribution in [0.1, 0.15) is 28.5 Å². The van der Waals surface area contributed by atoms with Gasteiger partial charge in [-0.3, -0.25) is 0 Å². The molecule has 2 heteroatoms. The molecular weight excluding hydrogens is 116 g/mol. The van der Waals surface area contributed by atoms with Gasteiger partial charge in [0.2, 0.25) is 0 Å². The molecule has 0 atom stereocenters. The van der Waals surface area contributed by atoms with Gasteiger partial charge in [-0.1, -0.05) is 12.8 Å². The van der Waals surface area contributed by atoms with Crippen LogP contribution >= 0.6 is 0 Å². The molecule has 0 saturated heterocycles. The van der Waals surface area contributed by atoms with Crippen molar-refractivity contribution in [3.63, 3.8) is 0 Å². The third-order valence-corrected chi connectivity index (χ3v) is 1.32. The fraction of sp³-hybridized carbons (Fsp3) is 1.00. The van der Waals surface area contributed by atoms with Crippen molar-refractivity contribution < 1.29 is 7.96 Å². The van der Waals surface area contributed by atoms with Gasteiger partial charge >= 0.3 is 37.7 Å². The zero-order valence-electron chi connectivity index (χ0n) is 6.56. The predicted molar refractivity (Wildman–Crippen MR) is 32.5 cm³/mol. The predicted octanol–water partition coefficient (Wildman–Crippen LogP) is 0.765. The summed E-state index contributed by atoms with van der Waals surface area (Å²) < 4.78 is 0. The normalized spacial score (nSPS) is 21.9. The molecule has 1 rings (SSSR count). The maximum Gasteiger partial charge on any atom is 2.00 e. The molecule has 0 aromatic rings. The van der Waals surface area contributed by atoms with Crippen molar-refractivity contribution in [3.05, 3.63) is 0 Å². The van der Waals surface area contributed by atoms with Crippen LogP contribution in [-0.2, 0) is 0 Å². The standard InChI is InChI=1S/C5H10O.Ca.2H/c6-5-3-1-2-4-5;;;/h5-6H,1-4H2;;;/q;+2;2*-1. The van der Waals surface area contributed by atoms with E-state index in [2.05, 4.69) is 0 Å². The van der Waals surface area contributed by atoms with Crippen LogP contribution < -0.4 is 0 Å². The monoisotopic (exact) mass is 128 g/mol. The minimum absolute atomic E-state index is 0. The van der Waals surface area contributed by atoms with Gasteiger partial charge in [-0.15, -0.1) is 0 Å². The first-order valence-corrected chi connectivity index (χ1v) is 2.57. The first kappa shape index (κ1) is 8.22. The molecule has 0 aliphatic heterocycles. The van der Waals surface area contributed by atoms with Gasteiger partial charge in [-0.05, 0) is 12.8 Å². The van der Waals surface area contributed by atoms with Gasteiger partial charge in [0, 0.05) is 0 Å². The summed E-state index contributed by atoms with van der Waals surface area (Å²) in [6.45, 7) is 0. The molecule has 1 nitrogen and oxygen atoms in total. The van der Waals surface area contributed by atoms with Gasteiger partial charge in [0.15, 0.2) is 0 Å². The van der Waals surface area contributed by atoms with E-state index in [1.54, 1.807) is 0 Å². The molecular formula is C5H12CaO. The molecule has 1 aliphatic carbocycles. The van der Waals surface area contributed by atoms with E-state index in [1.807, 2.05) is 0 Å². The Labute approximate surface area is 77.1 Å². The van der Waals surface area contributed by atoms with Gasteiger partial charge in [0.05, 0.1) is 6.10 Å². The first-order valence-electron chi connectivity index (χ1n) is 2.57. The number of aliphatic hydroxyl groups excluding tert-OH is 1. The second-order valence-electron chi connectivity index (χ2n) is 1.94. The molecule has 40 valence electrons. The van der Waals surface area contributed by atoms with Gasteiger partial charge in [-0.2, -0.15) is 0 Å². The topological polar surface area (TPSA) is 20.2 Å². The molecule has 0 spiro atoms. The van der Waals surface area contributed by atoms with Crippen LogP contribution in [0, 0.1) is 0 Å². The molecule has 0 aromatic carbocycles. The number of hydrogen-bond acceptors (Lipinski definition) is 1. The third-order valence-electron chi connectivity index (χ3n) is 1.32. The maximum atomic E-state index is 8.73. The molecule has 1 N–H and O–H groups in total. The van der Waals surface area contributed by atoms with Crippen LogP contribution in [0.2, 0.25) is 0 Å². The van der Waals surface area contributed by atoms with Crippen LogP contribution in [0.25, 0.3) is 0 Å². The molecule has 0 unspecified atom stereocenters. The largest absolute Gasteiger partial charge is 2.00 e. The second kappa shape index (κ2) is 4.13. The van der Waals surface area contributed by atoms with E-state index >= 15 is 0 Å². The summed E-state index contributed by atoms with van der Waals surface area (Å²) in [6.07, 6.45) is 4.60. The maximum absolute atomic E-state index is 8.73. The van der Waals surface area contributed by atoms with Crippen molar-refractivity contribution in [3.8, 4) is 0 Å². The molecule has 0 heterocycles. The Bertz CT molecular complexity index is 48.2. The van der Waals surface area contributed by atoms with Crippen LogP contribution in [0.5, 0.6) is 0 Å². The zero-order valence-corrected chi connectivity index (χ0v) is 6.77. The fourth-order valence-corrected chi connectivity index (χ4v) is 0.904. The van der Waals surface area contributed by atoms with E-state index in [4.69, 9.17) is 5.11 Å². The van der Waals surface area contributed by atoms with Crippen molar-refractivity contribution >= 4 is 37.7 Å². The summed E-state index contributed by atoms with van der Waals surface area (Å²) in [7, 11) is 0. The molecule has 1 aliphatic rings. The summed E-state index contributed by atoms with van der Waals surface area (Å²) in [6, 6.07) is 0. The smallest absolute Gasteiger partial charge is 1.00 e. The molecule has 1 fully saturated rings. The molecule has 0 amide bonds. The number of aliphatic hydroxyl groups is 1. The third kappa shape index (κ3) is 2.91. The van der Waals surface area contributed by atoms with Crippen molar-refractivity contribution in [2.24, 2.45) is 0 Å². The first-order chi connectivity index (χ1) is 2.89. The van der Waals surface area contributed by atoms with Crippen molar-refractivity contribution in [2.75, 3.05) is 0 Å². The van der Waals surface area contributed by atoms with Crippen LogP contribution in [0.15, 0.2) is 0 Å². The van der Waals surface area contributed by atoms with Crippen molar-refractivity contribution in [2.45, 2.75) is 31.8 Å². The Morgan fingerprint density at radius 3 is 1.86 bits per heavy atom. The van der Waals surface area contributed by atoms with E-state index < -0.39 is 0 Å². The Balaban J connectivity index is -0.000000120. The minimum Gasteiger partial charge on any atom is -1.00 e. The Kier molecular flexibility index (Phi) is 4.85. The minimum atomic E-state index is 0. The van der Waals surface area contributed by atoms with E-state index in [9.17, 15) is 0 Å². The molecule has 0 aromatic heterocycles. The number of hydrogen-bond donors (Lipinski definition) is 1. The van der Waals surface area contributed by atoms with Gasteiger partial charge in [0.25, 0.3) is 0 Å². The molecule has 1 saturated carbocycles. The summed E-state index contributed by atoms with van der Waals surface area (Å²) >= 11 is 0. The summed E-state index contributed by atoms with van der Waals surface area (Å²) in [5.74, 6) is 0. The average molecular weight is 128 g/mol. The van der Waals surface area contributed by atoms with Gasteiger partial charge in [-0.25, -0.2) is 0 Å². The van der Waals surface area contributed by atoms with E-state index in [-0.39, 0.29) is 46.7 Å². The van der Waals surface area contributed by atoms with E-state index in [1.165, 1.54) is 12.8 Å². The van der Waals surface area contributed by atoms with Crippen LogP contribution in [0.3, 0.4) is 0 Å². The average Bonchev–Trinajstić information content (AvgIpc) is 1.86. The summed E-state index contributed by atoms with van der Waals surface area (Å²) in [5.41, 5.74) is 0. The Morgan fingerprint density at radius 2 is 1.71 bits per heavy atom. The molecule has 7 heavy (non-hydrogen) atoms. The van der Waals surface area contributed by atoms with Crippen LogP contribution in [0.4, 0.5) is 0 Å². The van der Waals surface area contributed by atoms with Gasteiger partial charge < -0.3 is 7.96 Å². The Morgan fingerprint density at radius 1 is 1.29 bits per heavy atom.